The van der Waals surface area contributed by atoms with Crippen molar-refractivity contribution in [2.24, 2.45) is 4.99 Å². The molecular weight excluding hydrogens is 385 g/mol. The first kappa shape index (κ1) is 20.3. The number of halogens is 1. The van der Waals surface area contributed by atoms with Crippen molar-refractivity contribution < 1.29 is 4.74 Å². The second-order valence-corrected chi connectivity index (χ2v) is 7.58. The molecule has 0 saturated carbocycles. The number of rotatable bonds is 5. The van der Waals surface area contributed by atoms with Crippen LogP contribution in [0.15, 0.2) is 4.99 Å². The lowest BCUT2D eigenvalue weighted by molar-refractivity contribution is 0.0775. The van der Waals surface area contributed by atoms with Crippen LogP contribution in [0.3, 0.4) is 0 Å². The Bertz CT molecular complexity index is 298. The summed E-state index contributed by atoms with van der Waals surface area (Å²) in [4.78, 5) is 6.75. The fourth-order valence-corrected chi connectivity index (χ4v) is 3.23. The van der Waals surface area contributed by atoms with Gasteiger partial charge in [0.1, 0.15) is 0 Å². The van der Waals surface area contributed by atoms with Crippen molar-refractivity contribution in [3.8, 4) is 0 Å². The first-order valence-electron chi connectivity index (χ1n) is 7.16. The van der Waals surface area contributed by atoms with Gasteiger partial charge in [0.2, 0.25) is 0 Å². The van der Waals surface area contributed by atoms with Crippen LogP contribution in [0.5, 0.6) is 0 Å². The molecule has 0 aromatic carbocycles. The third-order valence-electron chi connectivity index (χ3n) is 2.99. The Hall–Kier alpha value is 0.310. The molecule has 1 fully saturated rings. The second kappa shape index (κ2) is 10.1. The maximum Gasteiger partial charge on any atom is 0.193 e. The highest BCUT2D eigenvalue weighted by Crippen LogP contribution is 2.29. The molecule has 0 aromatic rings. The van der Waals surface area contributed by atoms with Gasteiger partial charge in [0.25, 0.3) is 0 Å². The van der Waals surface area contributed by atoms with E-state index >= 15 is 0 Å². The molecule has 0 radical (unpaired) electrons. The van der Waals surface area contributed by atoms with Gasteiger partial charge in [-0.15, -0.1) is 24.0 Å². The molecule has 1 saturated heterocycles. The summed E-state index contributed by atoms with van der Waals surface area (Å²) in [5, 5.41) is 3.44. The van der Waals surface area contributed by atoms with Crippen molar-refractivity contribution >= 4 is 41.7 Å². The van der Waals surface area contributed by atoms with E-state index < -0.39 is 0 Å². The van der Waals surface area contributed by atoms with E-state index in [1.54, 1.807) is 0 Å². The maximum atomic E-state index is 5.54. The van der Waals surface area contributed by atoms with Gasteiger partial charge in [-0.1, -0.05) is 0 Å². The van der Waals surface area contributed by atoms with E-state index in [1.807, 2.05) is 18.8 Å². The summed E-state index contributed by atoms with van der Waals surface area (Å²) in [6.07, 6.45) is 1.34. The third kappa shape index (κ3) is 7.93. The van der Waals surface area contributed by atoms with Crippen LogP contribution in [-0.2, 0) is 4.74 Å². The van der Waals surface area contributed by atoms with E-state index in [0.717, 1.165) is 38.6 Å². The molecule has 20 heavy (non-hydrogen) atoms. The summed E-state index contributed by atoms with van der Waals surface area (Å²) in [5.74, 6) is 2.20. The van der Waals surface area contributed by atoms with Crippen LogP contribution >= 0.6 is 35.7 Å². The monoisotopic (exact) mass is 415 g/mol. The molecule has 0 aliphatic carbocycles. The third-order valence-corrected chi connectivity index (χ3v) is 4.29. The van der Waals surface area contributed by atoms with Crippen molar-refractivity contribution in [3.63, 3.8) is 0 Å². The molecule has 0 unspecified atom stereocenters. The van der Waals surface area contributed by atoms with E-state index in [-0.39, 0.29) is 24.0 Å². The van der Waals surface area contributed by atoms with Gasteiger partial charge in [-0.2, -0.15) is 11.8 Å². The Kier molecular flexibility index (Phi) is 10.3. The van der Waals surface area contributed by atoms with E-state index in [2.05, 4.69) is 42.9 Å². The molecule has 1 rings (SSSR count). The maximum absolute atomic E-state index is 5.54. The van der Waals surface area contributed by atoms with Crippen molar-refractivity contribution in [1.29, 1.82) is 0 Å². The summed E-state index contributed by atoms with van der Waals surface area (Å²) in [5.41, 5.74) is 0. The zero-order valence-electron chi connectivity index (χ0n) is 13.4. The number of hydrogen-bond donors (Lipinski definition) is 1. The Morgan fingerprint density at radius 3 is 2.70 bits per heavy atom. The molecular formula is C14H30IN3OS. The molecule has 0 atom stereocenters. The molecule has 1 heterocycles. The van der Waals surface area contributed by atoms with Gasteiger partial charge in [0.05, 0.1) is 6.10 Å². The highest BCUT2D eigenvalue weighted by Gasteiger charge is 2.28. The van der Waals surface area contributed by atoms with Gasteiger partial charge in [0, 0.05) is 43.8 Å². The Morgan fingerprint density at radius 2 is 2.15 bits per heavy atom. The molecule has 0 bridgehead atoms. The Labute approximate surface area is 145 Å². The lowest BCUT2D eigenvalue weighted by Crippen LogP contribution is -2.51. The quantitative estimate of drug-likeness (QED) is 0.324. The predicted molar refractivity (Wildman–Crippen MR) is 101 cm³/mol. The minimum Gasteiger partial charge on any atom is -0.379 e. The number of nitrogens with zero attached hydrogens (tertiary/aromatic N) is 2. The van der Waals surface area contributed by atoms with Crippen LogP contribution in [-0.4, -0.2) is 60.8 Å². The molecule has 0 aromatic heterocycles. The van der Waals surface area contributed by atoms with Crippen molar-refractivity contribution in [3.05, 3.63) is 0 Å². The highest BCUT2D eigenvalue weighted by molar-refractivity contribution is 14.0. The minimum atomic E-state index is 0. The zero-order chi connectivity index (χ0) is 14.3. The van der Waals surface area contributed by atoms with Crippen molar-refractivity contribution in [2.75, 3.05) is 39.0 Å². The van der Waals surface area contributed by atoms with Gasteiger partial charge in [-0.05, 0) is 34.1 Å². The number of nitrogens with one attached hydrogen (secondary N) is 1. The van der Waals surface area contributed by atoms with E-state index in [0.29, 0.717) is 10.9 Å². The Balaban J connectivity index is 0.00000361. The SMILES string of the molecule is CN=C(NCCCOC(C)C)N1CCSC(C)(C)C1.I. The van der Waals surface area contributed by atoms with Gasteiger partial charge in [-0.3, -0.25) is 4.99 Å². The molecule has 1 aliphatic rings. The summed E-state index contributed by atoms with van der Waals surface area (Å²) >= 11 is 2.04. The topological polar surface area (TPSA) is 36.9 Å². The normalized spacial score (nSPS) is 18.9. The molecule has 4 nitrogen and oxygen atoms in total. The van der Waals surface area contributed by atoms with Gasteiger partial charge >= 0.3 is 0 Å². The number of guanidine groups is 1. The van der Waals surface area contributed by atoms with Crippen LogP contribution in [0, 0.1) is 0 Å². The van der Waals surface area contributed by atoms with Gasteiger partial charge in [0.15, 0.2) is 5.96 Å². The largest absolute Gasteiger partial charge is 0.379 e. The van der Waals surface area contributed by atoms with Gasteiger partial charge < -0.3 is 15.0 Å². The van der Waals surface area contributed by atoms with Crippen LogP contribution in [0.25, 0.3) is 0 Å². The second-order valence-electron chi connectivity index (χ2n) is 5.78. The molecule has 0 amide bonds. The number of aliphatic imine (C=N–C) groups is 1. The predicted octanol–water partition coefficient (Wildman–Crippen LogP) is 2.82. The number of ether oxygens (including phenoxy) is 1. The first-order valence-corrected chi connectivity index (χ1v) is 8.14. The van der Waals surface area contributed by atoms with Crippen LogP contribution in [0.2, 0.25) is 0 Å². The van der Waals surface area contributed by atoms with E-state index in [4.69, 9.17) is 4.74 Å². The van der Waals surface area contributed by atoms with Crippen LogP contribution in [0.1, 0.15) is 34.1 Å². The summed E-state index contributed by atoms with van der Waals surface area (Å²) in [6.45, 7) is 12.6. The molecule has 0 spiro atoms. The standard InChI is InChI=1S/C14H29N3OS.HI/c1-12(2)18-9-6-7-16-13(15-5)17-8-10-19-14(3,4)11-17;/h12H,6-11H2,1-5H3,(H,15,16);1H. The lowest BCUT2D eigenvalue weighted by Gasteiger charge is -2.39. The average Bonchev–Trinajstić information content (AvgIpc) is 2.32. The smallest absolute Gasteiger partial charge is 0.193 e. The Morgan fingerprint density at radius 1 is 1.45 bits per heavy atom. The van der Waals surface area contributed by atoms with Gasteiger partial charge in [-0.25, -0.2) is 0 Å². The molecule has 1 N–H and O–H groups in total. The summed E-state index contributed by atoms with van der Waals surface area (Å²) in [7, 11) is 1.86. The average molecular weight is 415 g/mol. The fraction of sp³-hybridized carbons (Fsp3) is 0.929. The molecule has 6 heteroatoms. The van der Waals surface area contributed by atoms with Crippen molar-refractivity contribution in [2.45, 2.75) is 45.0 Å². The molecule has 120 valence electrons. The lowest BCUT2D eigenvalue weighted by atomic mass is 10.2. The molecule has 1 aliphatic heterocycles. The summed E-state index contributed by atoms with van der Waals surface area (Å²) in [6, 6.07) is 0. The van der Waals surface area contributed by atoms with Crippen LogP contribution < -0.4 is 5.32 Å². The zero-order valence-corrected chi connectivity index (χ0v) is 16.6. The minimum absolute atomic E-state index is 0. The van der Waals surface area contributed by atoms with Crippen LogP contribution in [0.4, 0.5) is 0 Å². The van der Waals surface area contributed by atoms with E-state index in [9.17, 15) is 0 Å². The van der Waals surface area contributed by atoms with E-state index in [1.165, 1.54) is 5.75 Å². The number of thioether (sulfide) groups is 1. The number of hydrogen-bond acceptors (Lipinski definition) is 3. The highest BCUT2D eigenvalue weighted by atomic mass is 127. The first-order chi connectivity index (χ1) is 8.94. The van der Waals surface area contributed by atoms with Crippen molar-refractivity contribution in [1.82, 2.24) is 10.2 Å². The fourth-order valence-electron chi connectivity index (χ4n) is 2.12. The summed E-state index contributed by atoms with van der Waals surface area (Å²) < 4.78 is 5.86.